The van der Waals surface area contributed by atoms with Gasteiger partial charge in [0.2, 0.25) is 5.91 Å². The Kier molecular flexibility index (Phi) is 6.62. The molecule has 0 aliphatic heterocycles. The smallest absolute Gasteiger partial charge is 0.229 e. The van der Waals surface area contributed by atoms with E-state index in [1.807, 2.05) is 19.9 Å². The van der Waals surface area contributed by atoms with Crippen molar-refractivity contribution >= 4 is 42.4 Å². The van der Waals surface area contributed by atoms with Gasteiger partial charge in [-0.2, -0.15) is 0 Å². The van der Waals surface area contributed by atoms with Crippen LogP contribution < -0.4 is 4.90 Å². The Bertz CT molecular complexity index is 1340. The Balaban J connectivity index is 1.52. The Morgan fingerprint density at radius 2 is 1.85 bits per heavy atom. The quantitative estimate of drug-likeness (QED) is 0.310. The number of nitrogens with zero attached hydrogens (tertiary/aromatic N) is 2. The van der Waals surface area contributed by atoms with Gasteiger partial charge in [-0.3, -0.25) is 9.69 Å². The Morgan fingerprint density at radius 1 is 1.12 bits per heavy atom. The summed E-state index contributed by atoms with van der Waals surface area (Å²) in [6.07, 6.45) is 1.70. The number of hydrogen-bond acceptors (Lipinski definition) is 6. The molecule has 2 aromatic heterocycles. The van der Waals surface area contributed by atoms with Gasteiger partial charge < -0.3 is 4.42 Å². The number of fused-ring (bicyclic) bond motifs is 1. The third-order valence-electron chi connectivity index (χ3n) is 5.40. The standard InChI is InChI=1S/C24H23FN2O4S2/c1-16-13-21-22(14-17(16)2)32-24(26-21)27(15-19-5-3-11-31-19)23(28)6-4-12-33(29,30)20-9-7-18(25)8-10-20/h3,5,7-11,13-14H,4,6,12,15H2,1-2H3. The van der Waals surface area contributed by atoms with Gasteiger partial charge in [0.1, 0.15) is 11.6 Å². The Hall–Kier alpha value is -3.04. The molecule has 0 radical (unpaired) electrons. The lowest BCUT2D eigenvalue weighted by Crippen LogP contribution is -2.30. The summed E-state index contributed by atoms with van der Waals surface area (Å²) in [7, 11) is -3.61. The van der Waals surface area contributed by atoms with Gasteiger partial charge in [-0.1, -0.05) is 11.3 Å². The monoisotopic (exact) mass is 486 g/mol. The number of sulfone groups is 1. The van der Waals surface area contributed by atoms with Crippen molar-refractivity contribution < 1.29 is 22.0 Å². The topological polar surface area (TPSA) is 80.5 Å². The number of anilines is 1. The lowest BCUT2D eigenvalue weighted by Gasteiger charge is -2.18. The van der Waals surface area contributed by atoms with Crippen molar-refractivity contribution in [1.82, 2.24) is 4.98 Å². The molecule has 0 saturated heterocycles. The molecule has 0 atom stereocenters. The third kappa shape index (κ3) is 5.31. The lowest BCUT2D eigenvalue weighted by molar-refractivity contribution is -0.118. The Labute approximate surface area is 195 Å². The van der Waals surface area contributed by atoms with E-state index >= 15 is 0 Å². The molecule has 0 unspecified atom stereocenters. The molecule has 0 saturated carbocycles. The van der Waals surface area contributed by atoms with Gasteiger partial charge in [-0.25, -0.2) is 17.8 Å². The largest absolute Gasteiger partial charge is 0.467 e. The van der Waals surface area contributed by atoms with Gasteiger partial charge in [0.05, 0.1) is 33.7 Å². The Morgan fingerprint density at radius 3 is 2.55 bits per heavy atom. The number of furan rings is 1. The van der Waals surface area contributed by atoms with Gasteiger partial charge >= 0.3 is 0 Å². The first-order chi connectivity index (χ1) is 15.7. The van der Waals surface area contributed by atoms with E-state index in [0.29, 0.717) is 10.9 Å². The van der Waals surface area contributed by atoms with E-state index in [4.69, 9.17) is 4.42 Å². The van der Waals surface area contributed by atoms with Gasteiger partial charge in [-0.05, 0) is 79.9 Å². The first-order valence-corrected chi connectivity index (χ1v) is 12.9. The van der Waals surface area contributed by atoms with Crippen LogP contribution in [0.5, 0.6) is 0 Å². The van der Waals surface area contributed by atoms with Crippen molar-refractivity contribution in [2.24, 2.45) is 0 Å². The SMILES string of the molecule is Cc1cc2nc(N(Cc3ccco3)C(=O)CCCS(=O)(=O)c3ccc(F)cc3)sc2cc1C. The number of carbonyl (C=O) groups is 1. The molecule has 33 heavy (non-hydrogen) atoms. The van der Waals surface area contributed by atoms with E-state index < -0.39 is 15.7 Å². The minimum absolute atomic E-state index is 0.0229. The minimum Gasteiger partial charge on any atom is -0.467 e. The first kappa shape index (κ1) is 23.1. The van der Waals surface area contributed by atoms with Crippen LogP contribution in [0.25, 0.3) is 10.2 Å². The van der Waals surface area contributed by atoms with Crippen LogP contribution in [0.15, 0.2) is 64.1 Å². The maximum atomic E-state index is 13.2. The van der Waals surface area contributed by atoms with Crippen LogP contribution in [0, 0.1) is 19.7 Å². The number of amides is 1. The van der Waals surface area contributed by atoms with Crippen LogP contribution in [0.1, 0.15) is 29.7 Å². The average Bonchev–Trinajstić information content (AvgIpc) is 3.42. The van der Waals surface area contributed by atoms with Crippen molar-refractivity contribution in [3.8, 4) is 0 Å². The van der Waals surface area contributed by atoms with E-state index in [9.17, 15) is 17.6 Å². The van der Waals surface area contributed by atoms with Gasteiger partial charge in [-0.15, -0.1) is 0 Å². The highest BCUT2D eigenvalue weighted by Gasteiger charge is 2.23. The molecule has 4 aromatic rings. The van der Waals surface area contributed by atoms with E-state index in [1.54, 1.807) is 23.3 Å². The van der Waals surface area contributed by atoms with Gasteiger partial charge in [0, 0.05) is 6.42 Å². The number of thiazole rings is 1. The summed E-state index contributed by atoms with van der Waals surface area (Å²) in [5.41, 5.74) is 3.08. The van der Waals surface area contributed by atoms with Crippen LogP contribution in [0.2, 0.25) is 0 Å². The molecule has 0 bridgehead atoms. The molecule has 4 rings (SSSR count). The van der Waals surface area contributed by atoms with Gasteiger partial charge in [0.25, 0.3) is 0 Å². The zero-order valence-corrected chi connectivity index (χ0v) is 19.9. The summed E-state index contributed by atoms with van der Waals surface area (Å²) in [4.78, 5) is 19.4. The molecule has 9 heteroatoms. The lowest BCUT2D eigenvalue weighted by atomic mass is 10.1. The number of rotatable bonds is 8. The van der Waals surface area contributed by atoms with Crippen molar-refractivity contribution in [3.05, 3.63) is 77.5 Å². The first-order valence-electron chi connectivity index (χ1n) is 10.4. The molecule has 0 aliphatic rings. The summed E-state index contributed by atoms with van der Waals surface area (Å²) in [5.74, 6) is -0.349. The van der Waals surface area contributed by atoms with Crippen molar-refractivity contribution in [1.29, 1.82) is 0 Å². The molecule has 2 heterocycles. The van der Waals surface area contributed by atoms with E-state index in [2.05, 4.69) is 11.1 Å². The maximum Gasteiger partial charge on any atom is 0.229 e. The van der Waals surface area contributed by atoms with E-state index in [-0.39, 0.29) is 35.9 Å². The minimum atomic E-state index is -3.61. The second-order valence-electron chi connectivity index (χ2n) is 7.84. The molecule has 0 spiro atoms. The fraction of sp³-hybridized carbons (Fsp3) is 0.250. The fourth-order valence-electron chi connectivity index (χ4n) is 3.41. The number of benzene rings is 2. The van der Waals surface area contributed by atoms with E-state index in [0.717, 1.165) is 33.5 Å². The predicted octanol–water partition coefficient (Wildman–Crippen LogP) is 5.43. The number of halogens is 1. The highest BCUT2D eigenvalue weighted by molar-refractivity contribution is 7.91. The summed E-state index contributed by atoms with van der Waals surface area (Å²) in [5, 5.41) is 0.540. The second-order valence-corrected chi connectivity index (χ2v) is 11.0. The van der Waals surface area contributed by atoms with Crippen LogP contribution in [-0.2, 0) is 21.2 Å². The predicted molar refractivity (Wildman–Crippen MR) is 127 cm³/mol. The normalized spacial score (nSPS) is 11.7. The number of aryl methyl sites for hydroxylation is 2. The number of carbonyl (C=O) groups excluding carboxylic acids is 1. The van der Waals surface area contributed by atoms with Crippen molar-refractivity contribution in [2.75, 3.05) is 10.7 Å². The molecule has 2 aromatic carbocycles. The molecule has 1 amide bonds. The molecule has 0 aliphatic carbocycles. The summed E-state index contributed by atoms with van der Waals surface area (Å²) in [6.45, 7) is 4.25. The highest BCUT2D eigenvalue weighted by atomic mass is 32.2. The molecule has 0 fully saturated rings. The highest BCUT2D eigenvalue weighted by Crippen LogP contribution is 2.32. The maximum absolute atomic E-state index is 13.2. The molecule has 6 nitrogen and oxygen atoms in total. The number of hydrogen-bond donors (Lipinski definition) is 0. The van der Waals surface area contributed by atoms with E-state index in [1.165, 1.54) is 23.5 Å². The molecular formula is C24H23FN2O4S2. The third-order valence-corrected chi connectivity index (χ3v) is 8.25. The summed E-state index contributed by atoms with van der Waals surface area (Å²) < 4.78 is 44.6. The van der Waals surface area contributed by atoms with Crippen LogP contribution in [0.3, 0.4) is 0 Å². The number of aromatic nitrogens is 1. The molecular weight excluding hydrogens is 463 g/mol. The zero-order valence-electron chi connectivity index (χ0n) is 18.2. The summed E-state index contributed by atoms with van der Waals surface area (Å²) in [6, 6.07) is 12.3. The van der Waals surface area contributed by atoms with Gasteiger partial charge in [0.15, 0.2) is 15.0 Å². The van der Waals surface area contributed by atoms with Crippen molar-refractivity contribution in [2.45, 2.75) is 38.1 Å². The van der Waals surface area contributed by atoms with Crippen LogP contribution in [-0.4, -0.2) is 25.1 Å². The van der Waals surface area contributed by atoms with Crippen LogP contribution in [0.4, 0.5) is 9.52 Å². The van der Waals surface area contributed by atoms with Crippen LogP contribution >= 0.6 is 11.3 Å². The molecule has 0 N–H and O–H groups in total. The fourth-order valence-corrected chi connectivity index (χ4v) is 5.79. The molecule has 172 valence electrons. The zero-order chi connectivity index (χ0) is 23.6. The second kappa shape index (κ2) is 9.44. The summed E-state index contributed by atoms with van der Waals surface area (Å²) >= 11 is 1.41. The van der Waals surface area contributed by atoms with Crippen molar-refractivity contribution in [3.63, 3.8) is 0 Å². The average molecular weight is 487 g/mol.